The lowest BCUT2D eigenvalue weighted by molar-refractivity contribution is -0.0511. The van der Waals surface area contributed by atoms with E-state index in [1.165, 1.54) is 17.2 Å². The van der Waals surface area contributed by atoms with Gasteiger partial charge < -0.3 is 25.4 Å². The van der Waals surface area contributed by atoms with Crippen LogP contribution in [-0.4, -0.2) is 59.8 Å². The molecule has 0 aliphatic carbocycles. The summed E-state index contributed by atoms with van der Waals surface area (Å²) < 4.78 is 7.08. The van der Waals surface area contributed by atoms with E-state index >= 15 is 0 Å². The maximum absolute atomic E-state index is 10.2. The molecule has 4 heterocycles. The van der Waals surface area contributed by atoms with E-state index in [2.05, 4.69) is 20.3 Å². The van der Waals surface area contributed by atoms with Crippen molar-refractivity contribution >= 4 is 28.3 Å². The average molecular weight is 363 g/mol. The Morgan fingerprint density at radius 2 is 2.12 bits per heavy atom. The van der Waals surface area contributed by atoms with Crippen LogP contribution in [0.5, 0.6) is 0 Å². The van der Waals surface area contributed by atoms with Crippen LogP contribution in [0, 0.1) is 0 Å². The summed E-state index contributed by atoms with van der Waals surface area (Å²) in [6, 6.07) is 4.00. The second kappa shape index (κ2) is 6.65. The molecule has 1 aliphatic rings. The van der Waals surface area contributed by atoms with Gasteiger partial charge in [0.2, 0.25) is 0 Å². The van der Waals surface area contributed by atoms with E-state index in [1.807, 2.05) is 17.5 Å². The van der Waals surface area contributed by atoms with Crippen LogP contribution in [0.15, 0.2) is 30.2 Å². The molecule has 3 aromatic heterocycles. The minimum Gasteiger partial charge on any atom is -0.394 e. The highest BCUT2D eigenvalue weighted by Crippen LogP contribution is 2.32. The van der Waals surface area contributed by atoms with Gasteiger partial charge in [-0.3, -0.25) is 4.57 Å². The summed E-state index contributed by atoms with van der Waals surface area (Å²) >= 11 is 1.64. The molecule has 4 atom stereocenters. The third-order valence-electron chi connectivity index (χ3n) is 4.16. The smallest absolute Gasteiger partial charge is 0.167 e. The lowest BCUT2D eigenvalue weighted by Crippen LogP contribution is -2.33. The Morgan fingerprint density at radius 3 is 2.84 bits per heavy atom. The first kappa shape index (κ1) is 16.4. The van der Waals surface area contributed by atoms with Crippen molar-refractivity contribution in [3.8, 4) is 0 Å². The Hall–Kier alpha value is -2.11. The predicted octanol–water partition coefficient (Wildman–Crippen LogP) is 0.111. The fourth-order valence-electron chi connectivity index (χ4n) is 2.86. The molecule has 0 saturated carbocycles. The Kier molecular flexibility index (Phi) is 4.36. The van der Waals surface area contributed by atoms with Crippen LogP contribution in [0.4, 0.5) is 5.82 Å². The number of aromatic nitrogens is 4. The molecule has 0 radical (unpaired) electrons. The Labute approximate surface area is 146 Å². The van der Waals surface area contributed by atoms with Gasteiger partial charge in [-0.25, -0.2) is 15.0 Å². The summed E-state index contributed by atoms with van der Waals surface area (Å²) in [4.78, 5) is 13.9. The van der Waals surface area contributed by atoms with Crippen LogP contribution < -0.4 is 5.32 Å². The quantitative estimate of drug-likeness (QED) is 0.503. The summed E-state index contributed by atoms with van der Waals surface area (Å²) in [6.07, 6.45) is -1.21. The molecular formula is C15H17N5O4S. The molecule has 4 rings (SSSR count). The maximum atomic E-state index is 10.2. The number of hydrogen-bond acceptors (Lipinski definition) is 9. The molecule has 1 unspecified atom stereocenters. The van der Waals surface area contributed by atoms with Crippen molar-refractivity contribution in [1.82, 2.24) is 19.5 Å². The number of ether oxygens (including phenoxy) is 1. The third kappa shape index (κ3) is 2.87. The van der Waals surface area contributed by atoms with E-state index in [-0.39, 0.29) is 6.61 Å². The van der Waals surface area contributed by atoms with Crippen molar-refractivity contribution in [3.05, 3.63) is 35.0 Å². The molecule has 4 N–H and O–H groups in total. The molecule has 10 heteroatoms. The first-order chi connectivity index (χ1) is 12.2. The molecule has 0 amide bonds. The van der Waals surface area contributed by atoms with Crippen molar-refractivity contribution in [2.45, 2.75) is 31.1 Å². The summed E-state index contributed by atoms with van der Waals surface area (Å²) in [5, 5.41) is 34.6. The molecule has 3 aromatic rings. The second-order valence-corrected chi connectivity index (χ2v) is 6.74. The molecule has 0 aromatic carbocycles. The zero-order valence-corrected chi connectivity index (χ0v) is 13.9. The summed E-state index contributed by atoms with van der Waals surface area (Å²) in [6.45, 7) is 0.231. The van der Waals surface area contributed by atoms with E-state index in [4.69, 9.17) is 4.74 Å². The van der Waals surface area contributed by atoms with Gasteiger partial charge in [0, 0.05) is 4.88 Å². The lowest BCUT2D eigenvalue weighted by Gasteiger charge is -2.16. The van der Waals surface area contributed by atoms with Crippen LogP contribution in [-0.2, 0) is 11.3 Å². The molecule has 1 aliphatic heterocycles. The van der Waals surface area contributed by atoms with Gasteiger partial charge in [-0.2, -0.15) is 0 Å². The summed E-state index contributed by atoms with van der Waals surface area (Å²) in [5.74, 6) is 0.573. The normalized spacial score (nSPS) is 26.4. The maximum Gasteiger partial charge on any atom is 0.167 e. The molecule has 0 spiro atoms. The van der Waals surface area contributed by atoms with Crippen LogP contribution >= 0.6 is 11.3 Å². The SMILES string of the molecule is OC[C@H]1OC(n2cnc3c(NCc4cccs4)ncnc32)[C@H](O)[C@@H]1O. The van der Waals surface area contributed by atoms with Gasteiger partial charge in [-0.15, -0.1) is 11.3 Å². The number of fused-ring (bicyclic) bond motifs is 1. The molecule has 9 nitrogen and oxygen atoms in total. The number of nitrogens with one attached hydrogen (secondary N) is 1. The Bertz CT molecular complexity index is 855. The number of hydrogen-bond donors (Lipinski definition) is 4. The monoisotopic (exact) mass is 363 g/mol. The molecule has 1 saturated heterocycles. The van der Waals surface area contributed by atoms with Crippen molar-refractivity contribution in [2.75, 3.05) is 11.9 Å². The Balaban J connectivity index is 1.63. The first-order valence-electron chi connectivity index (χ1n) is 7.75. The third-order valence-corrected chi connectivity index (χ3v) is 5.04. The number of thiophene rings is 1. The van der Waals surface area contributed by atoms with Crippen LogP contribution in [0.3, 0.4) is 0 Å². The number of anilines is 1. The predicted molar refractivity (Wildman–Crippen MR) is 90.0 cm³/mol. The van der Waals surface area contributed by atoms with Crippen LogP contribution in [0.25, 0.3) is 11.2 Å². The number of rotatable bonds is 5. The lowest BCUT2D eigenvalue weighted by atomic mass is 10.1. The van der Waals surface area contributed by atoms with Gasteiger partial charge in [0.1, 0.15) is 24.6 Å². The van der Waals surface area contributed by atoms with Gasteiger partial charge >= 0.3 is 0 Å². The highest BCUT2D eigenvalue weighted by molar-refractivity contribution is 7.09. The minimum absolute atomic E-state index is 0.385. The van der Waals surface area contributed by atoms with Gasteiger partial charge in [-0.1, -0.05) is 6.07 Å². The average Bonchev–Trinajstić information content (AvgIpc) is 3.34. The molecule has 132 valence electrons. The fourth-order valence-corrected chi connectivity index (χ4v) is 3.51. The standard InChI is InChI=1S/C15H17N5O4S/c21-5-9-11(22)12(23)15(24-9)20-7-19-10-13(17-6-18-14(10)20)16-4-8-2-1-3-25-8/h1-3,6-7,9,11-12,15,21-23H,4-5H2,(H,16,17,18)/t9-,11-,12-,15?/m1/s1. The number of aliphatic hydroxyl groups is 3. The molecular weight excluding hydrogens is 346 g/mol. The van der Waals surface area contributed by atoms with Gasteiger partial charge in [0.15, 0.2) is 23.2 Å². The highest BCUT2D eigenvalue weighted by atomic mass is 32.1. The van der Waals surface area contributed by atoms with E-state index in [0.717, 1.165) is 4.88 Å². The zero-order chi connectivity index (χ0) is 17.4. The summed E-state index contributed by atoms with van der Waals surface area (Å²) in [5.41, 5.74) is 1.01. The number of aliphatic hydroxyl groups excluding tert-OH is 3. The number of imidazole rings is 1. The molecule has 25 heavy (non-hydrogen) atoms. The topological polar surface area (TPSA) is 126 Å². The number of nitrogens with zero attached hydrogens (tertiary/aromatic N) is 4. The fraction of sp³-hybridized carbons (Fsp3) is 0.400. The Morgan fingerprint density at radius 1 is 1.24 bits per heavy atom. The van der Waals surface area contributed by atoms with E-state index < -0.39 is 24.5 Å². The van der Waals surface area contributed by atoms with Gasteiger partial charge in [0.25, 0.3) is 0 Å². The zero-order valence-electron chi connectivity index (χ0n) is 13.1. The van der Waals surface area contributed by atoms with Crippen LogP contribution in [0.2, 0.25) is 0 Å². The highest BCUT2D eigenvalue weighted by Gasteiger charge is 2.44. The van der Waals surface area contributed by atoms with Gasteiger partial charge in [-0.05, 0) is 11.4 Å². The first-order valence-corrected chi connectivity index (χ1v) is 8.63. The van der Waals surface area contributed by atoms with Crippen molar-refractivity contribution in [3.63, 3.8) is 0 Å². The summed E-state index contributed by atoms with van der Waals surface area (Å²) in [7, 11) is 0. The van der Waals surface area contributed by atoms with Gasteiger partial charge in [0.05, 0.1) is 19.5 Å². The van der Waals surface area contributed by atoms with E-state index in [0.29, 0.717) is 23.5 Å². The van der Waals surface area contributed by atoms with Crippen molar-refractivity contribution in [2.24, 2.45) is 0 Å². The second-order valence-electron chi connectivity index (χ2n) is 5.71. The van der Waals surface area contributed by atoms with E-state index in [1.54, 1.807) is 11.3 Å². The minimum atomic E-state index is -1.19. The molecule has 1 fully saturated rings. The van der Waals surface area contributed by atoms with Crippen molar-refractivity contribution < 1.29 is 20.1 Å². The molecule has 0 bridgehead atoms. The van der Waals surface area contributed by atoms with Crippen LogP contribution in [0.1, 0.15) is 11.1 Å². The van der Waals surface area contributed by atoms with E-state index in [9.17, 15) is 15.3 Å². The largest absolute Gasteiger partial charge is 0.394 e. The van der Waals surface area contributed by atoms with Crippen molar-refractivity contribution in [1.29, 1.82) is 0 Å².